The molecule has 113 heavy (non-hydrogen) atoms. The summed E-state index contributed by atoms with van der Waals surface area (Å²) in [6.45, 7) is 6.69. The zero-order valence-electron chi connectivity index (χ0n) is 62.5. The second-order valence-electron chi connectivity index (χ2n) is 31.3. The van der Waals surface area contributed by atoms with Gasteiger partial charge in [-0.25, -0.2) is 0 Å². The standard InChI is InChI=1S/C106H71BN4S2/c1-106(2,3)72-54-58-74(59-55-72)108-91-61-53-70(101-79(81-38-24-48-99-103(81)83-34-14-20-46-97(83)112-99)36-22-44-92(101)110-87-40-16-10-30-75(87)76-31-11-17-41-88(76)110)62-86(91)107-85-60-52-69(67-28-8-5-9-29-67)63-94(85)109(73-56-50-68(51-57-73)66-26-6-4-7-27-66)96-65-71(64-95(108)105(96)107)102-80(82-39-25-49-100-104(82)84-35-15-21-47-98(84)113-100)37-23-45-93(102)111-89-42-18-12-32-77(89)78-33-13-19-43-90(78)111/h4-65H,1-3H3. The minimum atomic E-state index is -0.278. The Kier molecular flexibility index (Phi) is 14.7. The number of hydrogen-bond acceptors (Lipinski definition) is 4. The summed E-state index contributed by atoms with van der Waals surface area (Å²) in [6, 6.07) is 143. The SMILES string of the molecule is CC(C)(C)c1ccc(N2c3ccc(-c4c(-c5cccc6sc7ccccc7c56)cccc4-n4c5ccccc5c5ccccc54)cc3B3c4ccc(-c5ccccc5)cc4N(c4ccc(-c5ccccc5)cc4)c4cc(-c5c(-c6cccc7sc8ccccc8c67)cccc5-n5c6ccccc6c6ccccc65)cc2c43)cc1. The lowest BCUT2D eigenvalue weighted by atomic mass is 9.33. The van der Waals surface area contributed by atoms with E-state index in [4.69, 9.17) is 0 Å². The van der Waals surface area contributed by atoms with E-state index in [-0.39, 0.29) is 12.1 Å². The molecule has 2 aliphatic heterocycles. The normalized spacial score (nSPS) is 12.7. The molecule has 0 N–H and O–H groups in total. The van der Waals surface area contributed by atoms with Crippen molar-refractivity contribution < 1.29 is 0 Å². The second kappa shape index (κ2) is 25.5. The van der Waals surface area contributed by atoms with Crippen LogP contribution in [0.3, 0.4) is 0 Å². The third-order valence-corrected chi connectivity index (χ3v) is 26.4. The van der Waals surface area contributed by atoms with Crippen LogP contribution in [0.2, 0.25) is 0 Å². The van der Waals surface area contributed by atoms with Gasteiger partial charge in [0.25, 0.3) is 6.71 Å². The first-order valence-electron chi connectivity index (χ1n) is 39.2. The van der Waals surface area contributed by atoms with E-state index in [9.17, 15) is 0 Å². The lowest BCUT2D eigenvalue weighted by Gasteiger charge is -2.45. The highest BCUT2D eigenvalue weighted by atomic mass is 32.1. The number of benzene rings is 17. The molecule has 0 unspecified atom stereocenters. The first-order chi connectivity index (χ1) is 55.7. The van der Waals surface area contributed by atoms with Crippen LogP contribution in [-0.2, 0) is 5.41 Å². The monoisotopic (exact) mass is 1470 g/mol. The molecule has 0 radical (unpaired) electrons. The zero-order chi connectivity index (χ0) is 74.7. The molecule has 0 aliphatic carbocycles. The van der Waals surface area contributed by atoms with Crippen LogP contribution in [0.5, 0.6) is 0 Å². The fourth-order valence-corrected chi connectivity index (χ4v) is 21.3. The maximum absolute atomic E-state index is 2.64. The number of fused-ring (bicyclic) bond motifs is 16. The summed E-state index contributed by atoms with van der Waals surface area (Å²) in [5.74, 6) is 0. The number of thiophene rings is 2. The van der Waals surface area contributed by atoms with Crippen molar-refractivity contribution >= 4 is 164 Å². The molecule has 0 spiro atoms. The first-order valence-corrected chi connectivity index (χ1v) is 40.8. The molecule has 23 rings (SSSR count). The van der Waals surface area contributed by atoms with Crippen LogP contribution in [-0.4, -0.2) is 15.8 Å². The van der Waals surface area contributed by atoms with E-state index in [0.717, 1.165) is 95.5 Å². The highest BCUT2D eigenvalue weighted by molar-refractivity contribution is 7.26. The fraction of sp³-hybridized carbons (Fsp3) is 0.0377. The highest BCUT2D eigenvalue weighted by Gasteiger charge is 2.45. The molecule has 6 heterocycles. The van der Waals surface area contributed by atoms with Crippen molar-refractivity contribution in [2.24, 2.45) is 0 Å². The molecule has 530 valence electrons. The summed E-state index contributed by atoms with van der Waals surface area (Å²) >= 11 is 3.75. The van der Waals surface area contributed by atoms with Gasteiger partial charge in [-0.05, 0) is 192 Å². The number of rotatable bonds is 10. The smallest absolute Gasteiger partial charge is 0.252 e. The molecule has 21 aromatic rings. The lowest BCUT2D eigenvalue weighted by Crippen LogP contribution is -2.61. The van der Waals surface area contributed by atoms with Crippen molar-refractivity contribution in [3.8, 4) is 78.1 Å². The Balaban J connectivity index is 0.866. The maximum Gasteiger partial charge on any atom is 0.252 e. The first kappa shape index (κ1) is 65.3. The van der Waals surface area contributed by atoms with Gasteiger partial charge in [-0.15, -0.1) is 22.7 Å². The average molecular weight is 1480 g/mol. The Bertz CT molecular complexity index is 7380. The summed E-state index contributed by atoms with van der Waals surface area (Å²) in [7, 11) is 0. The van der Waals surface area contributed by atoms with Crippen molar-refractivity contribution in [1.82, 2.24) is 9.13 Å². The second-order valence-corrected chi connectivity index (χ2v) is 33.5. The van der Waals surface area contributed by atoms with Gasteiger partial charge in [0, 0.05) is 107 Å². The summed E-state index contributed by atoms with van der Waals surface area (Å²) in [5.41, 5.74) is 32.3. The van der Waals surface area contributed by atoms with E-state index in [0.29, 0.717) is 0 Å². The Morgan fingerprint density at radius 1 is 0.248 bits per heavy atom. The minimum absolute atomic E-state index is 0.0963. The molecule has 0 amide bonds. The van der Waals surface area contributed by atoms with Gasteiger partial charge >= 0.3 is 0 Å². The fourth-order valence-electron chi connectivity index (χ4n) is 19.1. The quantitative estimate of drug-likeness (QED) is 0.127. The van der Waals surface area contributed by atoms with Crippen LogP contribution in [0.4, 0.5) is 34.1 Å². The predicted octanol–water partition coefficient (Wildman–Crippen LogP) is 28.0. The Morgan fingerprint density at radius 3 is 1.13 bits per heavy atom. The number of anilines is 6. The summed E-state index contributed by atoms with van der Waals surface area (Å²) in [6.07, 6.45) is 0. The number of nitrogens with zero attached hydrogens (tertiary/aromatic N) is 4. The van der Waals surface area contributed by atoms with E-state index in [2.05, 4.69) is 416 Å². The molecule has 0 saturated heterocycles. The van der Waals surface area contributed by atoms with Crippen LogP contribution in [0, 0.1) is 0 Å². The van der Waals surface area contributed by atoms with Crippen LogP contribution in [0.15, 0.2) is 376 Å². The molecule has 7 heteroatoms. The zero-order valence-corrected chi connectivity index (χ0v) is 64.1. The van der Waals surface area contributed by atoms with Crippen molar-refractivity contribution in [3.63, 3.8) is 0 Å². The molecule has 0 bridgehead atoms. The van der Waals surface area contributed by atoms with E-state index in [1.54, 1.807) is 0 Å². The van der Waals surface area contributed by atoms with Gasteiger partial charge in [0.1, 0.15) is 0 Å². The van der Waals surface area contributed by atoms with Crippen molar-refractivity contribution in [2.45, 2.75) is 26.2 Å². The Hall–Kier alpha value is -13.6. The van der Waals surface area contributed by atoms with E-state index in [1.807, 2.05) is 22.7 Å². The van der Waals surface area contributed by atoms with Crippen LogP contribution in [0.1, 0.15) is 26.3 Å². The van der Waals surface area contributed by atoms with Gasteiger partial charge < -0.3 is 18.9 Å². The van der Waals surface area contributed by atoms with Gasteiger partial charge in [-0.2, -0.15) is 0 Å². The van der Waals surface area contributed by atoms with Crippen LogP contribution < -0.4 is 26.2 Å². The third kappa shape index (κ3) is 10.1. The molecule has 2 aliphatic rings. The maximum atomic E-state index is 2.64. The summed E-state index contributed by atoms with van der Waals surface area (Å²) < 4.78 is 10.2. The molecule has 4 aromatic heterocycles. The topological polar surface area (TPSA) is 16.3 Å². The molecular formula is C106H71BN4S2. The number of hydrogen-bond donors (Lipinski definition) is 0. The van der Waals surface area contributed by atoms with E-state index < -0.39 is 0 Å². The van der Waals surface area contributed by atoms with Crippen LogP contribution in [0.25, 0.3) is 162 Å². The summed E-state index contributed by atoms with van der Waals surface area (Å²) in [5, 5.41) is 9.96. The van der Waals surface area contributed by atoms with Gasteiger partial charge in [0.05, 0.1) is 33.4 Å². The van der Waals surface area contributed by atoms with Gasteiger partial charge in [0.15, 0.2) is 0 Å². The predicted molar refractivity (Wildman–Crippen MR) is 486 cm³/mol. The summed E-state index contributed by atoms with van der Waals surface area (Å²) in [4.78, 5) is 5.26. The Labute approximate surface area is 663 Å². The minimum Gasteiger partial charge on any atom is -0.311 e. The van der Waals surface area contributed by atoms with Crippen molar-refractivity contribution in [1.29, 1.82) is 0 Å². The molecule has 17 aromatic carbocycles. The molecule has 0 fully saturated rings. The largest absolute Gasteiger partial charge is 0.311 e. The molecule has 0 atom stereocenters. The van der Waals surface area contributed by atoms with Gasteiger partial charge in [-0.3, -0.25) is 0 Å². The number of para-hydroxylation sites is 4. The lowest BCUT2D eigenvalue weighted by molar-refractivity contribution is 0.590. The third-order valence-electron chi connectivity index (χ3n) is 24.1. The molecular weight excluding hydrogens is 1400 g/mol. The van der Waals surface area contributed by atoms with Crippen molar-refractivity contribution in [3.05, 3.63) is 382 Å². The van der Waals surface area contributed by atoms with Gasteiger partial charge in [-0.1, -0.05) is 288 Å². The van der Waals surface area contributed by atoms with Gasteiger partial charge in [0.2, 0.25) is 0 Å². The van der Waals surface area contributed by atoms with Crippen molar-refractivity contribution in [2.75, 3.05) is 9.80 Å². The average Bonchev–Trinajstić information content (AvgIpc) is 0.926. The van der Waals surface area contributed by atoms with Crippen LogP contribution >= 0.6 is 22.7 Å². The molecule has 0 saturated carbocycles. The highest BCUT2D eigenvalue weighted by Crippen LogP contribution is 2.54. The van der Waals surface area contributed by atoms with E-state index in [1.165, 1.54) is 123 Å². The number of aromatic nitrogens is 2. The van der Waals surface area contributed by atoms with E-state index >= 15 is 0 Å². The molecule has 4 nitrogen and oxygen atoms in total. The Morgan fingerprint density at radius 2 is 0.628 bits per heavy atom.